The molecule has 0 amide bonds. The second kappa shape index (κ2) is 5.70. The van der Waals surface area contributed by atoms with Gasteiger partial charge < -0.3 is 10.1 Å². The highest BCUT2D eigenvalue weighted by molar-refractivity contribution is 5.34. The zero-order valence-electron chi connectivity index (χ0n) is 11.7. The van der Waals surface area contributed by atoms with Crippen LogP contribution in [0.1, 0.15) is 45.2 Å². The van der Waals surface area contributed by atoms with Crippen LogP contribution in [0.3, 0.4) is 0 Å². The lowest BCUT2D eigenvalue weighted by atomic mass is 9.84. The summed E-state index contributed by atoms with van der Waals surface area (Å²) < 4.78 is 5.46. The molecular formula is C15H24N2O. The summed E-state index contributed by atoms with van der Waals surface area (Å²) in [5, 5.41) is 3.63. The van der Waals surface area contributed by atoms with E-state index < -0.39 is 0 Å². The van der Waals surface area contributed by atoms with Gasteiger partial charge in [-0.15, -0.1) is 0 Å². The van der Waals surface area contributed by atoms with Crippen LogP contribution in [0.4, 0.5) is 0 Å². The van der Waals surface area contributed by atoms with Gasteiger partial charge in [-0.2, -0.15) is 0 Å². The Bertz CT molecular complexity index is 394. The molecule has 1 N–H and O–H groups in total. The Morgan fingerprint density at radius 1 is 1.56 bits per heavy atom. The van der Waals surface area contributed by atoms with E-state index in [2.05, 4.69) is 24.1 Å². The largest absolute Gasteiger partial charge is 0.495 e. The summed E-state index contributed by atoms with van der Waals surface area (Å²) in [6, 6.07) is 4.58. The SMILES string of the molecule is CCCNC1CCC(C)(c2ncccc2OC)C1. The summed E-state index contributed by atoms with van der Waals surface area (Å²) >= 11 is 0. The van der Waals surface area contributed by atoms with Crippen LogP contribution < -0.4 is 10.1 Å². The lowest BCUT2D eigenvalue weighted by Gasteiger charge is -2.25. The first-order chi connectivity index (χ1) is 8.69. The van der Waals surface area contributed by atoms with Gasteiger partial charge in [-0.25, -0.2) is 0 Å². The van der Waals surface area contributed by atoms with E-state index in [0.717, 1.165) is 24.4 Å². The van der Waals surface area contributed by atoms with Crippen molar-refractivity contribution < 1.29 is 4.74 Å². The highest BCUT2D eigenvalue weighted by Gasteiger charge is 2.39. The topological polar surface area (TPSA) is 34.2 Å². The normalized spacial score (nSPS) is 27.4. The quantitative estimate of drug-likeness (QED) is 0.870. The summed E-state index contributed by atoms with van der Waals surface area (Å²) in [7, 11) is 1.73. The molecule has 1 heterocycles. The maximum absolute atomic E-state index is 5.46. The van der Waals surface area contributed by atoms with Gasteiger partial charge in [0, 0.05) is 17.7 Å². The number of aromatic nitrogens is 1. The van der Waals surface area contributed by atoms with Gasteiger partial charge in [0.25, 0.3) is 0 Å². The van der Waals surface area contributed by atoms with E-state index in [9.17, 15) is 0 Å². The summed E-state index contributed by atoms with van der Waals surface area (Å²) in [6.45, 7) is 5.63. The zero-order chi connectivity index (χ0) is 13.0. The van der Waals surface area contributed by atoms with Crippen molar-refractivity contribution in [1.29, 1.82) is 0 Å². The standard InChI is InChI=1S/C15H24N2O/c1-4-9-16-12-7-8-15(2,11-12)14-13(18-3)6-5-10-17-14/h5-6,10,12,16H,4,7-9,11H2,1-3H3. The number of hydrogen-bond donors (Lipinski definition) is 1. The van der Waals surface area contributed by atoms with Crippen molar-refractivity contribution in [2.45, 2.75) is 51.0 Å². The molecule has 18 heavy (non-hydrogen) atoms. The molecule has 1 aromatic heterocycles. The predicted octanol–water partition coefficient (Wildman–Crippen LogP) is 2.90. The Kier molecular flexibility index (Phi) is 4.23. The van der Waals surface area contributed by atoms with E-state index in [1.54, 1.807) is 7.11 Å². The molecule has 1 aliphatic carbocycles. The maximum Gasteiger partial charge on any atom is 0.140 e. The Morgan fingerprint density at radius 3 is 3.11 bits per heavy atom. The minimum absolute atomic E-state index is 0.151. The van der Waals surface area contributed by atoms with Crippen LogP contribution in [0.15, 0.2) is 18.3 Å². The Labute approximate surface area is 110 Å². The minimum Gasteiger partial charge on any atom is -0.495 e. The molecular weight excluding hydrogens is 224 g/mol. The second-order valence-corrected chi connectivity index (χ2v) is 5.51. The van der Waals surface area contributed by atoms with Crippen LogP contribution >= 0.6 is 0 Å². The van der Waals surface area contributed by atoms with Crippen LogP contribution in [0.5, 0.6) is 5.75 Å². The fourth-order valence-corrected chi connectivity index (χ4v) is 2.99. The molecule has 0 bridgehead atoms. The van der Waals surface area contributed by atoms with Crippen molar-refractivity contribution in [3.8, 4) is 5.75 Å². The maximum atomic E-state index is 5.46. The van der Waals surface area contributed by atoms with E-state index in [4.69, 9.17) is 4.74 Å². The zero-order valence-corrected chi connectivity index (χ0v) is 11.7. The molecule has 1 fully saturated rings. The average Bonchev–Trinajstić information content (AvgIpc) is 2.79. The van der Waals surface area contributed by atoms with E-state index in [1.165, 1.54) is 19.3 Å². The Morgan fingerprint density at radius 2 is 2.39 bits per heavy atom. The number of hydrogen-bond acceptors (Lipinski definition) is 3. The molecule has 1 saturated carbocycles. The van der Waals surface area contributed by atoms with Crippen LogP contribution in [0.25, 0.3) is 0 Å². The number of nitrogens with one attached hydrogen (secondary N) is 1. The van der Waals surface area contributed by atoms with Crippen molar-refractivity contribution in [2.75, 3.05) is 13.7 Å². The first-order valence-electron chi connectivity index (χ1n) is 6.92. The number of rotatable bonds is 5. The van der Waals surface area contributed by atoms with Crippen molar-refractivity contribution in [2.24, 2.45) is 0 Å². The molecule has 1 aromatic rings. The molecule has 2 unspecified atom stereocenters. The molecule has 2 atom stereocenters. The van der Waals surface area contributed by atoms with Gasteiger partial charge in [0.1, 0.15) is 5.75 Å². The van der Waals surface area contributed by atoms with Crippen molar-refractivity contribution in [3.05, 3.63) is 24.0 Å². The lowest BCUT2D eigenvalue weighted by molar-refractivity contribution is 0.373. The van der Waals surface area contributed by atoms with Gasteiger partial charge in [0.15, 0.2) is 0 Å². The third kappa shape index (κ3) is 2.66. The summed E-state index contributed by atoms with van der Waals surface area (Å²) in [6.07, 6.45) is 6.63. The molecule has 0 spiro atoms. The van der Waals surface area contributed by atoms with Gasteiger partial charge >= 0.3 is 0 Å². The molecule has 100 valence electrons. The van der Waals surface area contributed by atoms with Crippen LogP contribution in [-0.4, -0.2) is 24.7 Å². The molecule has 2 rings (SSSR count). The third-order valence-electron chi connectivity index (χ3n) is 3.99. The van der Waals surface area contributed by atoms with E-state index in [-0.39, 0.29) is 5.41 Å². The first kappa shape index (κ1) is 13.3. The Balaban J connectivity index is 2.12. The van der Waals surface area contributed by atoms with Gasteiger partial charge in [-0.3, -0.25) is 4.98 Å². The van der Waals surface area contributed by atoms with E-state index in [0.29, 0.717) is 6.04 Å². The molecule has 0 aliphatic heterocycles. The van der Waals surface area contributed by atoms with Crippen LogP contribution in [0.2, 0.25) is 0 Å². The van der Waals surface area contributed by atoms with E-state index in [1.807, 2.05) is 18.3 Å². The van der Waals surface area contributed by atoms with E-state index >= 15 is 0 Å². The van der Waals surface area contributed by atoms with Gasteiger partial charge in [0.2, 0.25) is 0 Å². The van der Waals surface area contributed by atoms with Crippen LogP contribution in [-0.2, 0) is 5.41 Å². The molecule has 3 nitrogen and oxygen atoms in total. The molecule has 1 aliphatic rings. The predicted molar refractivity (Wildman–Crippen MR) is 74.1 cm³/mol. The van der Waals surface area contributed by atoms with Gasteiger partial charge in [-0.05, 0) is 44.4 Å². The monoisotopic (exact) mass is 248 g/mol. The summed E-state index contributed by atoms with van der Waals surface area (Å²) in [5.41, 5.74) is 1.27. The fourth-order valence-electron chi connectivity index (χ4n) is 2.99. The molecule has 0 radical (unpaired) electrons. The number of methoxy groups -OCH3 is 1. The van der Waals surface area contributed by atoms with Crippen molar-refractivity contribution in [1.82, 2.24) is 10.3 Å². The minimum atomic E-state index is 0.151. The van der Waals surface area contributed by atoms with Gasteiger partial charge in [0.05, 0.1) is 12.8 Å². The van der Waals surface area contributed by atoms with Crippen molar-refractivity contribution in [3.63, 3.8) is 0 Å². The first-order valence-corrected chi connectivity index (χ1v) is 6.92. The molecule has 3 heteroatoms. The average molecular weight is 248 g/mol. The summed E-state index contributed by atoms with van der Waals surface area (Å²) in [5.74, 6) is 0.927. The van der Waals surface area contributed by atoms with Crippen LogP contribution in [0, 0.1) is 0 Å². The second-order valence-electron chi connectivity index (χ2n) is 5.51. The number of nitrogens with zero attached hydrogens (tertiary/aromatic N) is 1. The fraction of sp³-hybridized carbons (Fsp3) is 0.667. The van der Waals surface area contributed by atoms with Gasteiger partial charge in [-0.1, -0.05) is 13.8 Å². The number of ether oxygens (including phenoxy) is 1. The Hall–Kier alpha value is -1.09. The third-order valence-corrected chi connectivity index (χ3v) is 3.99. The highest BCUT2D eigenvalue weighted by Crippen LogP contribution is 2.43. The highest BCUT2D eigenvalue weighted by atomic mass is 16.5. The van der Waals surface area contributed by atoms with Crippen molar-refractivity contribution >= 4 is 0 Å². The smallest absolute Gasteiger partial charge is 0.140 e. The summed E-state index contributed by atoms with van der Waals surface area (Å²) in [4.78, 5) is 4.57. The molecule has 0 saturated heterocycles. The number of pyridine rings is 1. The lowest BCUT2D eigenvalue weighted by Crippen LogP contribution is -2.30. The molecule has 0 aromatic carbocycles.